The molecule has 164 valence electrons. The molecule has 0 unspecified atom stereocenters. The molecule has 1 aliphatic carbocycles. The summed E-state index contributed by atoms with van der Waals surface area (Å²) in [5, 5.41) is 21.2. The van der Waals surface area contributed by atoms with Crippen molar-refractivity contribution < 1.29 is 9.90 Å². The van der Waals surface area contributed by atoms with Gasteiger partial charge in [-0.3, -0.25) is 9.69 Å². The van der Waals surface area contributed by atoms with Crippen molar-refractivity contribution in [2.24, 2.45) is 0 Å². The zero-order valence-electron chi connectivity index (χ0n) is 17.6. The minimum absolute atomic E-state index is 0.570. The molecule has 0 bridgehead atoms. The lowest BCUT2D eigenvalue weighted by molar-refractivity contribution is -0.143. The van der Waals surface area contributed by atoms with Gasteiger partial charge in [-0.2, -0.15) is 5.26 Å². The first-order valence-corrected chi connectivity index (χ1v) is 11.3. The molecule has 0 radical (unpaired) electrons. The molecule has 1 aromatic carbocycles. The van der Waals surface area contributed by atoms with Crippen molar-refractivity contribution in [3.8, 4) is 6.07 Å². The number of pyridine rings is 1. The summed E-state index contributed by atoms with van der Waals surface area (Å²) in [6.07, 6.45) is 6.00. The maximum Gasteiger partial charge on any atom is 0.325 e. The van der Waals surface area contributed by atoms with Crippen LogP contribution in [0.3, 0.4) is 0 Å². The Kier molecular flexibility index (Phi) is 5.50. The highest BCUT2D eigenvalue weighted by Crippen LogP contribution is 2.32. The van der Waals surface area contributed by atoms with Crippen LogP contribution in [0.2, 0.25) is 5.02 Å². The van der Waals surface area contributed by atoms with Crippen LogP contribution in [-0.2, 0) is 17.6 Å². The molecule has 2 N–H and O–H groups in total. The van der Waals surface area contributed by atoms with Gasteiger partial charge in [0.1, 0.15) is 17.9 Å². The smallest absolute Gasteiger partial charge is 0.325 e. The number of piperazine rings is 1. The lowest BCUT2D eigenvalue weighted by Crippen LogP contribution is -2.49. The molecular formula is C24H24ClN5O2. The monoisotopic (exact) mass is 449 g/mol. The molecule has 0 saturated carbocycles. The van der Waals surface area contributed by atoms with Gasteiger partial charge in [0.25, 0.3) is 0 Å². The second-order valence-corrected chi connectivity index (χ2v) is 8.92. The van der Waals surface area contributed by atoms with Gasteiger partial charge in [-0.25, -0.2) is 4.98 Å². The number of halogens is 1. The van der Waals surface area contributed by atoms with E-state index in [1.165, 1.54) is 5.56 Å². The fourth-order valence-corrected chi connectivity index (χ4v) is 5.14. The van der Waals surface area contributed by atoms with Gasteiger partial charge in [0, 0.05) is 59.6 Å². The van der Waals surface area contributed by atoms with Crippen LogP contribution in [0.25, 0.3) is 10.9 Å². The number of aromatic amines is 1. The number of hydrogen-bond donors (Lipinski definition) is 2. The van der Waals surface area contributed by atoms with Gasteiger partial charge in [0.2, 0.25) is 0 Å². The number of aliphatic carboxylic acids is 1. The first kappa shape index (κ1) is 20.8. The molecular weight excluding hydrogens is 426 g/mol. The molecule has 3 aromatic rings. The Morgan fingerprint density at radius 2 is 1.97 bits per heavy atom. The van der Waals surface area contributed by atoms with Crippen LogP contribution in [0.1, 0.15) is 41.3 Å². The number of nitriles is 1. The van der Waals surface area contributed by atoms with E-state index in [9.17, 15) is 15.2 Å². The number of aromatic nitrogens is 2. The predicted octanol–water partition coefficient (Wildman–Crippen LogP) is 3.91. The Morgan fingerprint density at radius 3 is 2.72 bits per heavy atom. The molecule has 1 atom stereocenters. The molecule has 0 spiro atoms. The molecule has 8 heteroatoms. The molecule has 1 aliphatic heterocycles. The van der Waals surface area contributed by atoms with Gasteiger partial charge in [0.05, 0.1) is 5.56 Å². The van der Waals surface area contributed by atoms with Crippen molar-refractivity contribution in [2.45, 2.75) is 31.7 Å². The highest BCUT2D eigenvalue weighted by Gasteiger charge is 2.33. The topological polar surface area (TPSA) is 96.2 Å². The summed E-state index contributed by atoms with van der Waals surface area (Å²) in [6, 6.07) is 9.02. The van der Waals surface area contributed by atoms with Crippen LogP contribution >= 0.6 is 11.6 Å². The van der Waals surface area contributed by atoms with Gasteiger partial charge in [-0.05, 0) is 49.4 Å². The Bertz CT molecular complexity index is 1220. The normalized spacial score (nSPS) is 17.7. The number of carbonyl (C=O) groups is 1. The summed E-state index contributed by atoms with van der Waals surface area (Å²) in [5.41, 5.74) is 4.48. The number of H-pyrrole nitrogens is 1. The number of fused-ring (bicyclic) bond motifs is 2. The fourth-order valence-electron chi connectivity index (χ4n) is 4.97. The second-order valence-electron chi connectivity index (χ2n) is 8.48. The van der Waals surface area contributed by atoms with E-state index in [1.54, 1.807) is 12.3 Å². The van der Waals surface area contributed by atoms with Crippen LogP contribution in [0.4, 0.5) is 5.82 Å². The van der Waals surface area contributed by atoms with E-state index in [1.807, 2.05) is 23.1 Å². The van der Waals surface area contributed by atoms with E-state index in [2.05, 4.69) is 16.0 Å². The van der Waals surface area contributed by atoms with Gasteiger partial charge in [-0.15, -0.1) is 0 Å². The first-order valence-electron chi connectivity index (χ1n) is 11.0. The average Bonchev–Trinajstić information content (AvgIpc) is 3.21. The third-order valence-corrected chi connectivity index (χ3v) is 6.82. The summed E-state index contributed by atoms with van der Waals surface area (Å²) in [4.78, 5) is 24.4. The molecule has 5 rings (SSSR count). The minimum atomic E-state index is -0.876. The number of aryl methyl sites for hydroxylation is 2. The third-order valence-electron chi connectivity index (χ3n) is 6.58. The van der Waals surface area contributed by atoms with Gasteiger partial charge < -0.3 is 15.0 Å². The van der Waals surface area contributed by atoms with E-state index in [-0.39, 0.29) is 0 Å². The zero-order valence-corrected chi connectivity index (χ0v) is 18.4. The number of rotatable bonds is 4. The molecule has 3 heterocycles. The van der Waals surface area contributed by atoms with Crippen LogP contribution in [0.5, 0.6) is 0 Å². The van der Waals surface area contributed by atoms with E-state index >= 15 is 0 Å². The largest absolute Gasteiger partial charge is 0.480 e. The molecule has 0 amide bonds. The SMILES string of the molecule is N#Cc1cc2c(nc1N1CCN([C@@H](C(=O)O)c3c[nH]c4cc(Cl)ccc34)CC1)CCCC2. The van der Waals surface area contributed by atoms with Crippen LogP contribution in [0, 0.1) is 11.3 Å². The van der Waals surface area contributed by atoms with Crippen molar-refractivity contribution in [3.63, 3.8) is 0 Å². The van der Waals surface area contributed by atoms with E-state index in [0.717, 1.165) is 53.7 Å². The second kappa shape index (κ2) is 8.45. The Morgan fingerprint density at radius 1 is 1.19 bits per heavy atom. The van der Waals surface area contributed by atoms with Crippen molar-refractivity contribution in [1.82, 2.24) is 14.9 Å². The number of nitrogens with zero attached hydrogens (tertiary/aromatic N) is 4. The Hall–Kier alpha value is -3.08. The van der Waals surface area contributed by atoms with Crippen molar-refractivity contribution in [1.29, 1.82) is 5.26 Å². The average molecular weight is 450 g/mol. The fraction of sp³-hybridized carbons (Fsp3) is 0.375. The molecule has 7 nitrogen and oxygen atoms in total. The van der Waals surface area contributed by atoms with Crippen molar-refractivity contribution in [3.05, 3.63) is 57.9 Å². The quantitative estimate of drug-likeness (QED) is 0.626. The molecule has 1 fully saturated rings. The molecule has 2 aliphatic rings. The summed E-state index contributed by atoms with van der Waals surface area (Å²) >= 11 is 6.08. The molecule has 32 heavy (non-hydrogen) atoms. The third kappa shape index (κ3) is 3.70. The van der Waals surface area contributed by atoms with Crippen LogP contribution in [-0.4, -0.2) is 52.1 Å². The summed E-state index contributed by atoms with van der Waals surface area (Å²) in [7, 11) is 0. The summed E-state index contributed by atoms with van der Waals surface area (Å²) in [6.45, 7) is 2.39. The maximum atomic E-state index is 12.3. The summed E-state index contributed by atoms with van der Waals surface area (Å²) < 4.78 is 0. The highest BCUT2D eigenvalue weighted by atomic mass is 35.5. The highest BCUT2D eigenvalue weighted by molar-refractivity contribution is 6.31. The van der Waals surface area contributed by atoms with E-state index < -0.39 is 12.0 Å². The standard InChI is InChI=1S/C24H24ClN5O2/c25-17-5-6-18-19(14-27-21(18)12-17)22(24(31)32)29-7-9-30(10-8-29)23-16(13-26)11-15-3-1-2-4-20(15)28-23/h5-6,11-12,14,22,27H,1-4,7-10H2,(H,31,32)/t22-/m1/s1. The lowest BCUT2D eigenvalue weighted by Gasteiger charge is -2.38. The maximum absolute atomic E-state index is 12.3. The van der Waals surface area contributed by atoms with Crippen molar-refractivity contribution >= 4 is 34.3 Å². The minimum Gasteiger partial charge on any atom is -0.480 e. The number of hydrogen-bond acceptors (Lipinski definition) is 5. The lowest BCUT2D eigenvalue weighted by atomic mass is 9.94. The number of carboxylic acid groups (broad SMARTS) is 1. The number of benzene rings is 1. The van der Waals surface area contributed by atoms with Crippen LogP contribution in [0.15, 0.2) is 30.5 Å². The van der Waals surface area contributed by atoms with Crippen LogP contribution < -0.4 is 4.90 Å². The molecule has 2 aromatic heterocycles. The zero-order chi connectivity index (χ0) is 22.2. The first-order chi connectivity index (χ1) is 15.5. The van der Waals surface area contributed by atoms with E-state index in [4.69, 9.17) is 16.6 Å². The summed E-state index contributed by atoms with van der Waals surface area (Å²) in [5.74, 6) is -0.139. The number of nitrogens with one attached hydrogen (secondary N) is 1. The number of carboxylic acids is 1. The van der Waals surface area contributed by atoms with E-state index in [0.29, 0.717) is 36.8 Å². The Labute approximate surface area is 191 Å². The molecule has 1 saturated heterocycles. The predicted molar refractivity (Wildman–Crippen MR) is 123 cm³/mol. The van der Waals surface area contributed by atoms with Gasteiger partial charge in [0.15, 0.2) is 0 Å². The number of anilines is 1. The van der Waals surface area contributed by atoms with Gasteiger partial charge in [-0.1, -0.05) is 17.7 Å². The van der Waals surface area contributed by atoms with Crippen molar-refractivity contribution in [2.75, 3.05) is 31.1 Å². The Balaban J connectivity index is 1.38. The van der Waals surface area contributed by atoms with Gasteiger partial charge >= 0.3 is 5.97 Å².